The molecule has 0 bridgehead atoms. The summed E-state index contributed by atoms with van der Waals surface area (Å²) >= 11 is 0. The van der Waals surface area contributed by atoms with E-state index < -0.39 is 0 Å². The number of aromatic amines is 1. The number of rotatable bonds is 8. The molecule has 0 saturated carbocycles. The smallest absolute Gasteiger partial charge is 0.259 e. The molecule has 0 aliphatic carbocycles. The molecule has 1 aliphatic heterocycles. The Morgan fingerprint density at radius 2 is 2.36 bits per heavy atom. The van der Waals surface area contributed by atoms with Gasteiger partial charge in [-0.25, -0.2) is 0 Å². The minimum atomic E-state index is -0.280. The van der Waals surface area contributed by atoms with E-state index in [-0.39, 0.29) is 29.7 Å². The summed E-state index contributed by atoms with van der Waals surface area (Å²) in [6.07, 6.45) is 6.48. The van der Waals surface area contributed by atoms with E-state index in [1.54, 1.807) is 12.1 Å². The molecule has 3 rings (SSSR count). The van der Waals surface area contributed by atoms with Crippen LogP contribution >= 0.6 is 21.6 Å². The Balaban J connectivity index is 1.39. The van der Waals surface area contributed by atoms with Gasteiger partial charge >= 0.3 is 0 Å². The minimum absolute atomic E-state index is 0.0224. The van der Waals surface area contributed by atoms with Crippen molar-refractivity contribution >= 4 is 27.5 Å². The molecule has 1 aliphatic rings. The number of hydrogen-bond donors (Lipinski definition) is 2. The third-order valence-electron chi connectivity index (χ3n) is 3.87. The van der Waals surface area contributed by atoms with E-state index >= 15 is 0 Å². The van der Waals surface area contributed by atoms with Gasteiger partial charge in [0, 0.05) is 23.6 Å². The van der Waals surface area contributed by atoms with Crippen molar-refractivity contribution < 1.29 is 9.32 Å². The zero-order valence-electron chi connectivity index (χ0n) is 13.7. The van der Waals surface area contributed by atoms with Gasteiger partial charge in [0.25, 0.3) is 5.56 Å². The second-order valence-corrected chi connectivity index (χ2v) is 8.56. The Labute approximate surface area is 153 Å². The molecule has 134 valence electrons. The Kier molecular flexibility index (Phi) is 6.57. The molecule has 1 saturated heterocycles. The lowest BCUT2D eigenvalue weighted by atomic mass is 10.1. The molecule has 0 spiro atoms. The lowest BCUT2D eigenvalue weighted by Gasteiger charge is -2.06. The number of carbonyl (C=O) groups excluding carboxylic acids is 1. The summed E-state index contributed by atoms with van der Waals surface area (Å²) in [6.45, 7) is 0.172. The zero-order valence-corrected chi connectivity index (χ0v) is 15.3. The van der Waals surface area contributed by atoms with E-state index in [1.807, 2.05) is 21.6 Å². The van der Waals surface area contributed by atoms with Gasteiger partial charge in [-0.2, -0.15) is 4.98 Å². The molecule has 9 heteroatoms. The van der Waals surface area contributed by atoms with E-state index in [0.717, 1.165) is 18.1 Å². The Hall–Kier alpha value is -1.74. The second-order valence-electron chi connectivity index (χ2n) is 5.78. The molecule has 2 aromatic rings. The van der Waals surface area contributed by atoms with Gasteiger partial charge in [0.15, 0.2) is 0 Å². The fourth-order valence-corrected chi connectivity index (χ4v) is 5.55. The Morgan fingerprint density at radius 1 is 1.44 bits per heavy atom. The van der Waals surface area contributed by atoms with Crippen molar-refractivity contribution in [1.29, 1.82) is 0 Å². The zero-order chi connectivity index (χ0) is 17.5. The highest BCUT2D eigenvalue weighted by atomic mass is 33.1. The monoisotopic (exact) mass is 380 g/mol. The van der Waals surface area contributed by atoms with Crippen LogP contribution in [0.3, 0.4) is 0 Å². The molecule has 3 heterocycles. The van der Waals surface area contributed by atoms with Crippen LogP contribution in [0.5, 0.6) is 0 Å². The van der Waals surface area contributed by atoms with E-state index in [4.69, 9.17) is 4.52 Å². The average molecular weight is 380 g/mol. The first kappa shape index (κ1) is 18.1. The molecule has 25 heavy (non-hydrogen) atoms. The summed E-state index contributed by atoms with van der Waals surface area (Å²) in [5.74, 6) is 1.73. The van der Waals surface area contributed by atoms with Crippen LogP contribution in [0.1, 0.15) is 38.0 Å². The minimum Gasteiger partial charge on any atom is -0.347 e. The fraction of sp³-hybridized carbons (Fsp3) is 0.500. The first-order valence-corrected chi connectivity index (χ1v) is 10.7. The molecule has 1 atom stereocenters. The first-order chi connectivity index (χ1) is 12.2. The summed E-state index contributed by atoms with van der Waals surface area (Å²) in [4.78, 5) is 30.3. The van der Waals surface area contributed by atoms with Crippen molar-refractivity contribution in [1.82, 2.24) is 20.4 Å². The average Bonchev–Trinajstić information content (AvgIpc) is 3.29. The van der Waals surface area contributed by atoms with Gasteiger partial charge in [-0.3, -0.25) is 9.59 Å². The summed E-state index contributed by atoms with van der Waals surface area (Å²) < 4.78 is 5.08. The molecule has 1 unspecified atom stereocenters. The number of nitrogens with zero attached hydrogens (tertiary/aromatic N) is 2. The normalized spacial score (nSPS) is 16.9. The SMILES string of the molecule is O=C(CCCCC1CCSS1)NCc1nc(-c2ccc[nH]c2=O)no1. The molecule has 1 amide bonds. The Morgan fingerprint density at radius 3 is 3.16 bits per heavy atom. The van der Waals surface area contributed by atoms with Crippen molar-refractivity contribution in [2.75, 3.05) is 5.75 Å². The predicted octanol–water partition coefficient (Wildman–Crippen LogP) is 2.76. The number of unbranched alkanes of at least 4 members (excludes halogenated alkanes) is 1. The molecule has 0 radical (unpaired) electrons. The Bertz CT molecular complexity index is 756. The van der Waals surface area contributed by atoms with Gasteiger partial charge in [0.2, 0.25) is 17.6 Å². The largest absolute Gasteiger partial charge is 0.347 e. The summed E-state index contributed by atoms with van der Waals surface area (Å²) in [5.41, 5.74) is 0.0597. The number of nitrogens with one attached hydrogen (secondary N) is 2. The summed E-state index contributed by atoms with van der Waals surface area (Å²) in [5, 5.41) is 7.31. The first-order valence-electron chi connectivity index (χ1n) is 8.28. The van der Waals surface area contributed by atoms with Crippen LogP contribution < -0.4 is 10.9 Å². The van der Waals surface area contributed by atoms with Crippen molar-refractivity contribution in [3.8, 4) is 11.4 Å². The molecule has 1 fully saturated rings. The van der Waals surface area contributed by atoms with Crippen LogP contribution in [0.2, 0.25) is 0 Å². The third-order valence-corrected chi connectivity index (χ3v) is 6.88. The number of aromatic nitrogens is 3. The van der Waals surface area contributed by atoms with Crippen LogP contribution in [0.4, 0.5) is 0 Å². The fourth-order valence-electron chi connectivity index (χ4n) is 2.52. The topological polar surface area (TPSA) is 101 Å². The van der Waals surface area contributed by atoms with Gasteiger partial charge in [-0.1, -0.05) is 33.2 Å². The van der Waals surface area contributed by atoms with Crippen LogP contribution in [0.15, 0.2) is 27.6 Å². The maximum Gasteiger partial charge on any atom is 0.259 e. The molecular formula is C16H20N4O3S2. The van der Waals surface area contributed by atoms with Crippen molar-refractivity contribution in [3.63, 3.8) is 0 Å². The number of amides is 1. The maximum absolute atomic E-state index is 11.9. The highest BCUT2D eigenvalue weighted by molar-refractivity contribution is 8.77. The molecular weight excluding hydrogens is 360 g/mol. The number of H-pyrrole nitrogens is 1. The van der Waals surface area contributed by atoms with Crippen LogP contribution in [-0.2, 0) is 11.3 Å². The van der Waals surface area contributed by atoms with Gasteiger partial charge in [0.1, 0.15) is 0 Å². The van der Waals surface area contributed by atoms with Crippen molar-refractivity contribution in [2.24, 2.45) is 0 Å². The van der Waals surface area contributed by atoms with E-state index in [0.29, 0.717) is 12.0 Å². The van der Waals surface area contributed by atoms with E-state index in [2.05, 4.69) is 20.4 Å². The number of pyridine rings is 1. The standard InChI is InChI=1S/C16H20N4O3S2/c21-13(6-2-1-4-11-7-9-24-25-11)18-10-14-19-15(20-23-14)12-5-3-8-17-16(12)22/h3,5,8,11H,1-2,4,6-7,9-10H2,(H,17,22)(H,18,21). The molecule has 2 N–H and O–H groups in total. The predicted molar refractivity (Wildman–Crippen MR) is 99.1 cm³/mol. The summed E-state index contributed by atoms with van der Waals surface area (Å²) in [7, 11) is 3.92. The quantitative estimate of drug-likeness (QED) is 0.536. The lowest BCUT2D eigenvalue weighted by Crippen LogP contribution is -2.22. The van der Waals surface area contributed by atoms with Crippen LogP contribution in [0.25, 0.3) is 11.4 Å². The lowest BCUT2D eigenvalue weighted by molar-refractivity contribution is -0.121. The van der Waals surface area contributed by atoms with Gasteiger partial charge < -0.3 is 14.8 Å². The van der Waals surface area contributed by atoms with Crippen LogP contribution in [0, 0.1) is 0 Å². The highest BCUT2D eigenvalue weighted by Crippen LogP contribution is 2.39. The van der Waals surface area contributed by atoms with Crippen molar-refractivity contribution in [3.05, 3.63) is 34.6 Å². The number of carbonyl (C=O) groups is 1. The van der Waals surface area contributed by atoms with Crippen LogP contribution in [-0.4, -0.2) is 32.0 Å². The maximum atomic E-state index is 11.9. The second kappa shape index (κ2) is 9.10. The highest BCUT2D eigenvalue weighted by Gasteiger charge is 2.16. The third kappa shape index (κ3) is 5.37. The number of hydrogen-bond acceptors (Lipinski definition) is 7. The molecule has 0 aromatic carbocycles. The summed E-state index contributed by atoms with van der Waals surface area (Å²) in [6, 6.07) is 3.31. The van der Waals surface area contributed by atoms with E-state index in [1.165, 1.54) is 24.8 Å². The van der Waals surface area contributed by atoms with Crippen molar-refractivity contribution in [2.45, 2.75) is 43.9 Å². The van der Waals surface area contributed by atoms with Gasteiger partial charge in [0.05, 0.1) is 12.1 Å². The molecule has 2 aromatic heterocycles. The van der Waals surface area contributed by atoms with Gasteiger partial charge in [-0.15, -0.1) is 0 Å². The van der Waals surface area contributed by atoms with Gasteiger partial charge in [-0.05, 0) is 31.4 Å². The molecule has 7 nitrogen and oxygen atoms in total. The van der Waals surface area contributed by atoms with E-state index in [9.17, 15) is 9.59 Å².